The lowest BCUT2D eigenvalue weighted by atomic mass is 9.97. The number of hydrogen-bond acceptors (Lipinski definition) is 2. The second kappa shape index (κ2) is 5.05. The van der Waals surface area contributed by atoms with Crippen molar-refractivity contribution in [3.63, 3.8) is 0 Å². The van der Waals surface area contributed by atoms with E-state index in [1.54, 1.807) is 0 Å². The van der Waals surface area contributed by atoms with E-state index in [1.807, 2.05) is 0 Å². The molecule has 1 aliphatic heterocycles. The second-order valence-electron chi connectivity index (χ2n) is 6.38. The highest BCUT2D eigenvalue weighted by Gasteiger charge is 2.34. The summed E-state index contributed by atoms with van der Waals surface area (Å²) in [6.45, 7) is 11.9. The minimum Gasteiger partial charge on any atom is -0.311 e. The van der Waals surface area contributed by atoms with Gasteiger partial charge in [0.05, 0.1) is 0 Å². The smallest absolute Gasteiger partial charge is 0.0218 e. The van der Waals surface area contributed by atoms with Crippen molar-refractivity contribution >= 4 is 0 Å². The molecule has 1 N–H and O–H groups in total. The summed E-state index contributed by atoms with van der Waals surface area (Å²) in [5.74, 6) is 1.71. The third-order valence-electron chi connectivity index (χ3n) is 4.59. The Kier molecular flexibility index (Phi) is 3.91. The van der Waals surface area contributed by atoms with Gasteiger partial charge in [0.1, 0.15) is 0 Å². The maximum atomic E-state index is 3.69. The van der Waals surface area contributed by atoms with Crippen LogP contribution in [0.1, 0.15) is 47.0 Å². The molecule has 2 aliphatic rings. The third-order valence-corrected chi connectivity index (χ3v) is 4.59. The van der Waals surface area contributed by atoms with Crippen LogP contribution in [0.25, 0.3) is 0 Å². The zero-order chi connectivity index (χ0) is 11.7. The maximum Gasteiger partial charge on any atom is 0.0218 e. The molecule has 1 saturated carbocycles. The van der Waals surface area contributed by atoms with Crippen molar-refractivity contribution in [3.05, 3.63) is 0 Å². The Morgan fingerprint density at radius 3 is 2.50 bits per heavy atom. The number of piperazine rings is 1. The third kappa shape index (κ3) is 2.60. The Morgan fingerprint density at radius 2 is 1.94 bits per heavy atom. The highest BCUT2D eigenvalue weighted by Crippen LogP contribution is 2.31. The molecule has 2 rings (SSSR count). The number of nitrogens with zero attached hydrogens (tertiary/aromatic N) is 1. The molecule has 0 aromatic carbocycles. The minimum atomic E-state index is 0.701. The molecule has 1 heterocycles. The molecule has 0 aromatic heterocycles. The number of hydrogen-bond donors (Lipinski definition) is 1. The van der Waals surface area contributed by atoms with Gasteiger partial charge in [-0.3, -0.25) is 4.90 Å². The Bertz CT molecular complexity index is 227. The molecule has 0 bridgehead atoms. The lowest BCUT2D eigenvalue weighted by Gasteiger charge is -2.43. The normalized spacial score (nSPS) is 41.8. The fraction of sp³-hybridized carbons (Fsp3) is 1.00. The van der Waals surface area contributed by atoms with Crippen LogP contribution < -0.4 is 5.32 Å². The van der Waals surface area contributed by atoms with Gasteiger partial charge in [-0.25, -0.2) is 0 Å². The van der Waals surface area contributed by atoms with E-state index >= 15 is 0 Å². The molecule has 4 unspecified atom stereocenters. The van der Waals surface area contributed by atoms with Crippen molar-refractivity contribution < 1.29 is 0 Å². The summed E-state index contributed by atoms with van der Waals surface area (Å²) in [4.78, 5) is 2.78. The van der Waals surface area contributed by atoms with E-state index < -0.39 is 0 Å². The molecule has 1 saturated heterocycles. The minimum absolute atomic E-state index is 0.701. The molecule has 0 spiro atoms. The summed E-state index contributed by atoms with van der Waals surface area (Å²) in [6.07, 6.45) is 4.29. The Morgan fingerprint density at radius 1 is 1.19 bits per heavy atom. The van der Waals surface area contributed by atoms with Crippen LogP contribution in [0.5, 0.6) is 0 Å². The van der Waals surface area contributed by atoms with Crippen molar-refractivity contribution in [2.45, 2.75) is 65.1 Å². The van der Waals surface area contributed by atoms with E-state index in [4.69, 9.17) is 0 Å². The van der Waals surface area contributed by atoms with Crippen LogP contribution in [0.15, 0.2) is 0 Å². The van der Waals surface area contributed by atoms with Gasteiger partial charge in [-0.1, -0.05) is 20.8 Å². The van der Waals surface area contributed by atoms with Gasteiger partial charge >= 0.3 is 0 Å². The Hall–Kier alpha value is -0.0800. The molecule has 1 aliphatic carbocycles. The fourth-order valence-electron chi connectivity index (χ4n) is 3.34. The monoisotopic (exact) mass is 224 g/mol. The number of nitrogens with one attached hydrogen (secondary N) is 1. The summed E-state index contributed by atoms with van der Waals surface area (Å²) >= 11 is 0. The highest BCUT2D eigenvalue weighted by atomic mass is 15.3. The summed E-state index contributed by atoms with van der Waals surface area (Å²) in [5, 5.41) is 3.69. The first kappa shape index (κ1) is 12.4. The second-order valence-corrected chi connectivity index (χ2v) is 6.38. The van der Waals surface area contributed by atoms with Gasteiger partial charge in [0.15, 0.2) is 0 Å². The molecular weight excluding hydrogens is 196 g/mol. The van der Waals surface area contributed by atoms with Gasteiger partial charge in [-0.2, -0.15) is 0 Å². The first-order chi connectivity index (χ1) is 7.58. The molecule has 2 fully saturated rings. The van der Waals surface area contributed by atoms with Crippen LogP contribution >= 0.6 is 0 Å². The Labute approximate surface area is 101 Å². The zero-order valence-electron chi connectivity index (χ0n) is 11.4. The Balaban J connectivity index is 1.95. The zero-order valence-corrected chi connectivity index (χ0v) is 11.4. The highest BCUT2D eigenvalue weighted by molar-refractivity contribution is 4.91. The molecule has 94 valence electrons. The van der Waals surface area contributed by atoms with Gasteiger partial charge in [0.25, 0.3) is 0 Å². The molecule has 0 amide bonds. The van der Waals surface area contributed by atoms with Crippen molar-refractivity contribution in [1.29, 1.82) is 0 Å². The molecule has 16 heavy (non-hydrogen) atoms. The van der Waals surface area contributed by atoms with Gasteiger partial charge in [-0.05, 0) is 38.0 Å². The fourth-order valence-corrected chi connectivity index (χ4v) is 3.34. The standard InChI is InChI=1S/C14H28N2/c1-10(2)14-9-16(12(4)8-15-14)13-6-5-11(3)7-13/h10-15H,5-9H2,1-4H3. The largest absolute Gasteiger partial charge is 0.311 e. The van der Waals surface area contributed by atoms with Gasteiger partial charge < -0.3 is 5.32 Å². The van der Waals surface area contributed by atoms with Crippen molar-refractivity contribution in [2.24, 2.45) is 11.8 Å². The van der Waals surface area contributed by atoms with Crippen LogP contribution in [0.3, 0.4) is 0 Å². The lowest BCUT2D eigenvalue weighted by molar-refractivity contribution is 0.0788. The van der Waals surface area contributed by atoms with Crippen LogP contribution in [-0.4, -0.2) is 36.1 Å². The topological polar surface area (TPSA) is 15.3 Å². The summed E-state index contributed by atoms with van der Waals surface area (Å²) in [7, 11) is 0. The average molecular weight is 224 g/mol. The predicted octanol–water partition coefficient (Wildman–Crippen LogP) is 2.49. The summed E-state index contributed by atoms with van der Waals surface area (Å²) in [6, 6.07) is 2.30. The van der Waals surface area contributed by atoms with E-state index in [0.717, 1.165) is 23.9 Å². The van der Waals surface area contributed by atoms with E-state index in [0.29, 0.717) is 6.04 Å². The predicted molar refractivity (Wildman–Crippen MR) is 69.6 cm³/mol. The lowest BCUT2D eigenvalue weighted by Crippen LogP contribution is -2.59. The van der Waals surface area contributed by atoms with E-state index in [-0.39, 0.29) is 0 Å². The first-order valence-corrected chi connectivity index (χ1v) is 7.07. The van der Waals surface area contributed by atoms with E-state index in [9.17, 15) is 0 Å². The van der Waals surface area contributed by atoms with Crippen LogP contribution in [-0.2, 0) is 0 Å². The summed E-state index contributed by atoms with van der Waals surface area (Å²) < 4.78 is 0. The average Bonchev–Trinajstić information content (AvgIpc) is 2.65. The van der Waals surface area contributed by atoms with E-state index in [1.165, 1.54) is 32.4 Å². The molecule has 2 nitrogen and oxygen atoms in total. The van der Waals surface area contributed by atoms with Crippen molar-refractivity contribution in [3.8, 4) is 0 Å². The van der Waals surface area contributed by atoms with Crippen LogP contribution in [0.4, 0.5) is 0 Å². The van der Waals surface area contributed by atoms with Crippen LogP contribution in [0.2, 0.25) is 0 Å². The quantitative estimate of drug-likeness (QED) is 0.775. The molecule has 0 radical (unpaired) electrons. The number of rotatable bonds is 2. The molecular formula is C14H28N2. The molecule has 2 heteroatoms. The summed E-state index contributed by atoms with van der Waals surface area (Å²) in [5.41, 5.74) is 0. The van der Waals surface area contributed by atoms with Crippen molar-refractivity contribution in [1.82, 2.24) is 10.2 Å². The van der Waals surface area contributed by atoms with E-state index in [2.05, 4.69) is 37.9 Å². The van der Waals surface area contributed by atoms with Gasteiger partial charge in [0, 0.05) is 31.2 Å². The first-order valence-electron chi connectivity index (χ1n) is 7.07. The molecule has 0 aromatic rings. The van der Waals surface area contributed by atoms with Crippen molar-refractivity contribution in [2.75, 3.05) is 13.1 Å². The van der Waals surface area contributed by atoms with Gasteiger partial charge in [0.2, 0.25) is 0 Å². The maximum absolute atomic E-state index is 3.69. The molecule has 4 atom stereocenters. The van der Waals surface area contributed by atoms with Crippen LogP contribution in [0, 0.1) is 11.8 Å². The van der Waals surface area contributed by atoms with Gasteiger partial charge in [-0.15, -0.1) is 0 Å². The SMILES string of the molecule is CC1CCC(N2CC(C(C)C)NCC2C)C1.